The predicted molar refractivity (Wildman–Crippen MR) is 150 cm³/mol. The number of anilines is 1. The summed E-state index contributed by atoms with van der Waals surface area (Å²) in [5.74, 6) is 0.766. The van der Waals surface area contributed by atoms with Crippen LogP contribution in [0.5, 0.6) is 0 Å². The van der Waals surface area contributed by atoms with Gasteiger partial charge in [-0.3, -0.25) is 14.7 Å². The van der Waals surface area contributed by atoms with Crippen molar-refractivity contribution in [1.29, 1.82) is 0 Å². The number of halogens is 4. The number of fused-ring (bicyclic) bond motifs is 1. The average molecular weight is 636 g/mol. The van der Waals surface area contributed by atoms with Gasteiger partial charge in [-0.15, -0.1) is 0 Å². The number of carbonyl (C=O) groups is 1. The molecule has 2 atom stereocenters. The molecule has 0 aliphatic carbocycles. The Kier molecular flexibility index (Phi) is 9.25. The van der Waals surface area contributed by atoms with Gasteiger partial charge in [0.1, 0.15) is 15.4 Å². The molecule has 1 aromatic carbocycles. The monoisotopic (exact) mass is 635 g/mol. The standard InChI is InChI=1S/C24H27F3IN3O2S.C2H6/c1-14-20(15(2)34-21(14)32)33-23(3,4)22(28)31-11-9-30(10-12-31)19-7-8-29-18-13-16(24(25,26)27)5-6-17(18)19;1-2/h5-8,13,15,22H,9-12H2,1-4H3;1-2H3. The molecule has 36 heavy (non-hydrogen) atoms. The van der Waals surface area contributed by atoms with E-state index < -0.39 is 17.3 Å². The number of carbonyl (C=O) groups excluding carboxylic acids is 1. The summed E-state index contributed by atoms with van der Waals surface area (Å²) >= 11 is 3.71. The third kappa shape index (κ3) is 6.12. The number of thioether (sulfide) groups is 1. The van der Waals surface area contributed by atoms with E-state index in [4.69, 9.17) is 4.74 Å². The van der Waals surface area contributed by atoms with Gasteiger partial charge in [0.2, 0.25) is 5.12 Å². The fourth-order valence-electron chi connectivity index (χ4n) is 4.41. The highest BCUT2D eigenvalue weighted by Crippen LogP contribution is 2.39. The van der Waals surface area contributed by atoms with Crippen molar-refractivity contribution in [2.45, 2.75) is 62.6 Å². The summed E-state index contributed by atoms with van der Waals surface area (Å²) in [6.07, 6.45) is -2.82. The van der Waals surface area contributed by atoms with E-state index in [9.17, 15) is 18.0 Å². The number of ether oxygens (including phenoxy) is 1. The Morgan fingerprint density at radius 1 is 1.14 bits per heavy atom. The van der Waals surface area contributed by atoms with Gasteiger partial charge < -0.3 is 9.64 Å². The van der Waals surface area contributed by atoms with Gasteiger partial charge in [-0.05, 0) is 45.9 Å². The average Bonchev–Trinajstić information content (AvgIpc) is 3.09. The van der Waals surface area contributed by atoms with Crippen LogP contribution in [-0.4, -0.2) is 56.1 Å². The second kappa shape index (κ2) is 11.5. The summed E-state index contributed by atoms with van der Waals surface area (Å²) in [4.78, 5) is 20.8. The van der Waals surface area contributed by atoms with Crippen molar-refractivity contribution >= 4 is 56.1 Å². The van der Waals surface area contributed by atoms with Crippen LogP contribution in [-0.2, 0) is 15.7 Å². The zero-order valence-electron chi connectivity index (χ0n) is 21.4. The Hall–Kier alpha value is -1.53. The number of aromatic nitrogens is 1. The summed E-state index contributed by atoms with van der Waals surface area (Å²) in [7, 11) is 0. The Bertz CT molecular complexity index is 1130. The summed E-state index contributed by atoms with van der Waals surface area (Å²) in [6, 6.07) is 5.61. The van der Waals surface area contributed by atoms with E-state index in [-0.39, 0.29) is 14.4 Å². The van der Waals surface area contributed by atoms with Crippen LogP contribution in [0.25, 0.3) is 10.9 Å². The summed E-state index contributed by atoms with van der Waals surface area (Å²) in [5.41, 5.74) is 0.743. The molecule has 2 aliphatic heterocycles. The molecule has 0 radical (unpaired) electrons. The number of rotatable bonds is 5. The molecule has 1 fully saturated rings. The molecular formula is C26H33F3IN3O2S. The zero-order valence-corrected chi connectivity index (χ0v) is 24.4. The van der Waals surface area contributed by atoms with Crippen LogP contribution in [0.15, 0.2) is 41.8 Å². The van der Waals surface area contributed by atoms with Crippen LogP contribution in [0.2, 0.25) is 0 Å². The number of hydrogen-bond donors (Lipinski definition) is 0. The van der Waals surface area contributed by atoms with Gasteiger partial charge in [-0.25, -0.2) is 0 Å². The van der Waals surface area contributed by atoms with E-state index in [1.807, 2.05) is 47.6 Å². The Morgan fingerprint density at radius 3 is 2.33 bits per heavy atom. The smallest absolute Gasteiger partial charge is 0.416 e. The maximum Gasteiger partial charge on any atom is 0.416 e. The van der Waals surface area contributed by atoms with Gasteiger partial charge in [-0.1, -0.05) is 54.3 Å². The van der Waals surface area contributed by atoms with Crippen molar-refractivity contribution < 1.29 is 22.7 Å². The summed E-state index contributed by atoms with van der Waals surface area (Å²) in [5, 5.41) is 0.812. The van der Waals surface area contributed by atoms with Crippen LogP contribution in [0.1, 0.15) is 47.1 Å². The van der Waals surface area contributed by atoms with Crippen LogP contribution in [0.3, 0.4) is 0 Å². The Balaban J connectivity index is 0.00000176. The molecule has 2 unspecified atom stereocenters. The number of alkyl halides is 4. The van der Waals surface area contributed by atoms with Crippen molar-refractivity contribution in [2.75, 3.05) is 31.1 Å². The van der Waals surface area contributed by atoms with Gasteiger partial charge in [0.25, 0.3) is 0 Å². The molecule has 0 amide bonds. The molecule has 1 saturated heterocycles. The zero-order chi connectivity index (χ0) is 26.8. The van der Waals surface area contributed by atoms with E-state index in [2.05, 4.69) is 37.4 Å². The van der Waals surface area contributed by atoms with Crippen molar-refractivity contribution in [3.63, 3.8) is 0 Å². The Morgan fingerprint density at radius 2 is 1.78 bits per heavy atom. The lowest BCUT2D eigenvalue weighted by atomic mass is 10.1. The lowest BCUT2D eigenvalue weighted by molar-refractivity contribution is -0.137. The number of hydrogen-bond acceptors (Lipinski definition) is 6. The molecule has 198 valence electrons. The topological polar surface area (TPSA) is 45.7 Å². The summed E-state index contributed by atoms with van der Waals surface area (Å²) in [6.45, 7) is 14.9. The third-order valence-corrected chi connectivity index (χ3v) is 9.67. The molecule has 10 heteroatoms. The molecule has 1 aromatic heterocycles. The minimum atomic E-state index is -4.39. The second-order valence-electron chi connectivity index (χ2n) is 9.16. The quantitative estimate of drug-likeness (QED) is 0.203. The number of piperazine rings is 1. The minimum absolute atomic E-state index is 0.0186. The molecule has 0 bridgehead atoms. The highest BCUT2D eigenvalue weighted by Gasteiger charge is 2.40. The molecule has 0 spiro atoms. The first-order valence-electron chi connectivity index (χ1n) is 12.1. The fourth-order valence-corrected chi connectivity index (χ4v) is 6.03. The molecule has 0 saturated carbocycles. The van der Waals surface area contributed by atoms with E-state index in [1.165, 1.54) is 17.8 Å². The highest BCUT2D eigenvalue weighted by molar-refractivity contribution is 14.1. The van der Waals surface area contributed by atoms with Crippen LogP contribution >= 0.6 is 34.4 Å². The van der Waals surface area contributed by atoms with Crippen molar-refractivity contribution in [2.24, 2.45) is 0 Å². The summed E-state index contributed by atoms with van der Waals surface area (Å²) < 4.78 is 45.8. The number of benzene rings is 1. The largest absolute Gasteiger partial charge is 0.488 e. The first-order valence-corrected chi connectivity index (χ1v) is 14.2. The molecular weight excluding hydrogens is 602 g/mol. The lowest BCUT2D eigenvalue weighted by Crippen LogP contribution is -2.55. The van der Waals surface area contributed by atoms with E-state index in [1.54, 1.807) is 6.20 Å². The normalized spacial score (nSPS) is 20.4. The van der Waals surface area contributed by atoms with Gasteiger partial charge in [0.05, 0.1) is 16.3 Å². The van der Waals surface area contributed by atoms with Crippen LogP contribution in [0.4, 0.5) is 18.9 Å². The highest BCUT2D eigenvalue weighted by atomic mass is 127. The second-order valence-corrected chi connectivity index (χ2v) is 11.7. The van der Waals surface area contributed by atoms with Crippen molar-refractivity contribution in [1.82, 2.24) is 9.88 Å². The maximum absolute atomic E-state index is 13.1. The molecule has 2 aliphatic rings. The first-order chi connectivity index (χ1) is 16.9. The lowest BCUT2D eigenvalue weighted by Gasteiger charge is -2.44. The Labute approximate surface area is 229 Å². The SMILES string of the molecule is CC.CC1=C(OC(C)(C)C(I)N2CCN(c3ccnc4cc(C(F)(F)F)ccc34)CC2)C(C)SC1=O. The molecule has 3 heterocycles. The molecule has 4 rings (SSSR count). The van der Waals surface area contributed by atoms with Gasteiger partial charge in [0.15, 0.2) is 0 Å². The fraction of sp³-hybridized carbons (Fsp3) is 0.538. The van der Waals surface area contributed by atoms with E-state index in [0.717, 1.165) is 55.1 Å². The molecule has 0 N–H and O–H groups in total. The van der Waals surface area contributed by atoms with E-state index >= 15 is 0 Å². The van der Waals surface area contributed by atoms with Crippen molar-refractivity contribution in [3.05, 3.63) is 47.4 Å². The van der Waals surface area contributed by atoms with Gasteiger partial charge in [0, 0.05) is 49.0 Å². The maximum atomic E-state index is 13.1. The first kappa shape index (κ1) is 29.0. The number of pyridine rings is 1. The van der Waals surface area contributed by atoms with Crippen molar-refractivity contribution in [3.8, 4) is 0 Å². The third-order valence-electron chi connectivity index (χ3n) is 6.30. The van der Waals surface area contributed by atoms with Crippen LogP contribution < -0.4 is 4.90 Å². The minimum Gasteiger partial charge on any atom is -0.488 e. The number of nitrogens with zero attached hydrogens (tertiary/aromatic N) is 3. The molecule has 2 aromatic rings. The predicted octanol–water partition coefficient (Wildman–Crippen LogP) is 6.89. The van der Waals surface area contributed by atoms with E-state index in [0.29, 0.717) is 11.1 Å². The van der Waals surface area contributed by atoms with Gasteiger partial charge >= 0.3 is 6.18 Å². The van der Waals surface area contributed by atoms with Gasteiger partial charge in [-0.2, -0.15) is 13.2 Å². The van der Waals surface area contributed by atoms with Crippen LogP contribution in [0, 0.1) is 0 Å². The molecule has 5 nitrogen and oxygen atoms in total.